The van der Waals surface area contributed by atoms with Crippen LogP contribution in [0, 0.1) is 0 Å². The van der Waals surface area contributed by atoms with Crippen LogP contribution in [0.15, 0.2) is 128 Å². The largest absolute Gasteiger partial charge is 0.135 e. The molecule has 1 aromatic heterocycles. The summed E-state index contributed by atoms with van der Waals surface area (Å²) in [5, 5.41) is 10.2. The molecule has 0 radical (unpaired) electrons. The van der Waals surface area contributed by atoms with Crippen molar-refractivity contribution in [3.8, 4) is 0 Å². The summed E-state index contributed by atoms with van der Waals surface area (Å²) < 4.78 is 2.69. The topological polar surface area (TPSA) is 0 Å². The molecule has 0 N–H and O–H groups in total. The molecule has 8 rings (SSSR count). The van der Waals surface area contributed by atoms with Crippen LogP contribution in [0.5, 0.6) is 0 Å². The summed E-state index contributed by atoms with van der Waals surface area (Å²) in [6.07, 6.45) is 2.29. The summed E-state index contributed by atoms with van der Waals surface area (Å²) >= 11 is 1.89. The number of fused-ring (bicyclic) bond motifs is 8. The van der Waals surface area contributed by atoms with E-state index in [2.05, 4.69) is 136 Å². The number of allylic oxidation sites excluding steroid dienone is 4. The zero-order valence-corrected chi connectivity index (χ0v) is 23.5. The molecule has 1 aliphatic carbocycles. The third kappa shape index (κ3) is 3.19. The Hall–Kier alpha value is -4.46. The first-order valence-electron chi connectivity index (χ1n) is 13.8. The maximum absolute atomic E-state index is 4.67. The van der Waals surface area contributed by atoms with Gasteiger partial charge in [0.1, 0.15) is 0 Å². The van der Waals surface area contributed by atoms with E-state index < -0.39 is 0 Å². The maximum Gasteiger partial charge on any atom is 0.0434 e. The van der Waals surface area contributed by atoms with Gasteiger partial charge in [-0.1, -0.05) is 106 Å². The Morgan fingerprint density at radius 3 is 2.02 bits per heavy atom. The van der Waals surface area contributed by atoms with Crippen LogP contribution in [-0.2, 0) is 5.41 Å². The Bertz CT molecular complexity index is 2210. The molecule has 40 heavy (non-hydrogen) atoms. The first-order chi connectivity index (χ1) is 19.4. The molecule has 0 aliphatic heterocycles. The average Bonchev–Trinajstić information content (AvgIpc) is 3.44. The monoisotopic (exact) mass is 528 g/mol. The standard InChI is InChI=1S/C39H28S/c1-23(37-28-13-7-5-11-25(28)20-26-12-6-8-14-29(26)37)19-32-24(2)39(3,4)35-21-27-17-18-31-30-15-9-10-16-36(30)40-38(31)33(27)22-34(32)35/h5-22H,1-2H2,3-4H3/b32-19+. The third-order valence-corrected chi connectivity index (χ3v) is 10.2. The minimum absolute atomic E-state index is 0.161. The second-order valence-electron chi connectivity index (χ2n) is 11.5. The van der Waals surface area contributed by atoms with Gasteiger partial charge in [0.25, 0.3) is 0 Å². The molecule has 6 aromatic carbocycles. The Morgan fingerprint density at radius 2 is 1.30 bits per heavy atom. The lowest BCUT2D eigenvalue weighted by Gasteiger charge is -2.21. The second kappa shape index (κ2) is 8.27. The van der Waals surface area contributed by atoms with E-state index in [1.54, 1.807) is 0 Å². The van der Waals surface area contributed by atoms with E-state index in [9.17, 15) is 0 Å². The summed E-state index contributed by atoms with van der Waals surface area (Å²) in [5.74, 6) is 0. The van der Waals surface area contributed by atoms with E-state index in [0.717, 1.165) is 11.1 Å². The zero-order chi connectivity index (χ0) is 27.2. The van der Waals surface area contributed by atoms with Gasteiger partial charge in [0.15, 0.2) is 0 Å². The minimum atomic E-state index is -0.161. The van der Waals surface area contributed by atoms with Crippen molar-refractivity contribution in [3.05, 3.63) is 145 Å². The lowest BCUT2D eigenvalue weighted by molar-refractivity contribution is 0.664. The molecule has 0 amide bonds. The van der Waals surface area contributed by atoms with Crippen LogP contribution in [0.4, 0.5) is 0 Å². The molecule has 1 heterocycles. The van der Waals surface area contributed by atoms with Gasteiger partial charge in [-0.2, -0.15) is 0 Å². The van der Waals surface area contributed by atoms with E-state index >= 15 is 0 Å². The fourth-order valence-corrected chi connectivity index (χ4v) is 7.96. The molecule has 0 atom stereocenters. The Labute approximate surface area is 238 Å². The predicted molar refractivity (Wildman–Crippen MR) is 177 cm³/mol. The highest BCUT2D eigenvalue weighted by Crippen LogP contribution is 2.52. The van der Waals surface area contributed by atoms with Gasteiger partial charge in [0, 0.05) is 31.0 Å². The predicted octanol–water partition coefficient (Wildman–Crippen LogP) is 11.5. The molecule has 0 saturated carbocycles. The van der Waals surface area contributed by atoms with Crippen molar-refractivity contribution < 1.29 is 0 Å². The molecular weight excluding hydrogens is 500 g/mol. The lowest BCUT2D eigenvalue weighted by Crippen LogP contribution is -2.14. The fourth-order valence-electron chi connectivity index (χ4n) is 6.73. The van der Waals surface area contributed by atoms with Crippen LogP contribution in [-0.4, -0.2) is 0 Å². The average molecular weight is 529 g/mol. The van der Waals surface area contributed by atoms with Gasteiger partial charge in [0.05, 0.1) is 0 Å². The van der Waals surface area contributed by atoms with Crippen molar-refractivity contribution in [1.82, 2.24) is 0 Å². The van der Waals surface area contributed by atoms with E-state index in [0.29, 0.717) is 0 Å². The molecule has 0 nitrogen and oxygen atoms in total. The number of benzene rings is 6. The van der Waals surface area contributed by atoms with Crippen molar-refractivity contribution in [2.24, 2.45) is 0 Å². The first kappa shape index (κ1) is 23.4. The summed E-state index contributed by atoms with van der Waals surface area (Å²) in [5.41, 5.74) is 7.02. The maximum atomic E-state index is 4.67. The number of hydrogen-bond donors (Lipinski definition) is 0. The van der Waals surface area contributed by atoms with Crippen LogP contribution in [0.3, 0.4) is 0 Å². The summed E-state index contributed by atoms with van der Waals surface area (Å²) in [7, 11) is 0. The molecular formula is C39H28S. The highest BCUT2D eigenvalue weighted by Gasteiger charge is 2.37. The molecule has 0 saturated heterocycles. The SMILES string of the molecule is C=C(/C=C1\C(=C)C(C)(C)c2cc3ccc4c5ccccc5sc4c3cc21)c1c2ccccc2cc2ccccc12. The van der Waals surface area contributed by atoms with Crippen LogP contribution >= 0.6 is 11.3 Å². The van der Waals surface area contributed by atoms with Crippen molar-refractivity contribution in [2.75, 3.05) is 0 Å². The van der Waals surface area contributed by atoms with Gasteiger partial charge >= 0.3 is 0 Å². The Kier molecular flexibility index (Phi) is 4.84. The molecule has 0 spiro atoms. The quantitative estimate of drug-likeness (QED) is 0.196. The Balaban J connectivity index is 1.39. The highest BCUT2D eigenvalue weighted by molar-refractivity contribution is 7.26. The van der Waals surface area contributed by atoms with Crippen molar-refractivity contribution in [1.29, 1.82) is 0 Å². The van der Waals surface area contributed by atoms with Gasteiger partial charge in [-0.25, -0.2) is 0 Å². The highest BCUT2D eigenvalue weighted by atomic mass is 32.1. The number of thiophene rings is 1. The summed E-state index contributed by atoms with van der Waals surface area (Å²) in [6, 6.07) is 37.7. The van der Waals surface area contributed by atoms with Crippen LogP contribution in [0.2, 0.25) is 0 Å². The molecule has 0 fully saturated rings. The summed E-state index contributed by atoms with van der Waals surface area (Å²) in [6.45, 7) is 13.9. The van der Waals surface area contributed by atoms with Crippen LogP contribution < -0.4 is 0 Å². The normalized spacial score (nSPS) is 15.7. The third-order valence-electron chi connectivity index (χ3n) is 8.95. The lowest BCUT2D eigenvalue weighted by atomic mass is 9.82. The van der Waals surface area contributed by atoms with E-state index in [1.807, 2.05) is 11.3 Å². The molecule has 0 unspecified atom stereocenters. The van der Waals surface area contributed by atoms with Gasteiger partial charge < -0.3 is 0 Å². The van der Waals surface area contributed by atoms with Gasteiger partial charge in [0.2, 0.25) is 0 Å². The Morgan fingerprint density at radius 1 is 0.675 bits per heavy atom. The van der Waals surface area contributed by atoms with Crippen molar-refractivity contribution >= 4 is 75.0 Å². The summed E-state index contributed by atoms with van der Waals surface area (Å²) in [4.78, 5) is 0. The number of rotatable bonds is 2. The van der Waals surface area contributed by atoms with Gasteiger partial charge in [-0.3, -0.25) is 0 Å². The van der Waals surface area contributed by atoms with E-state index in [4.69, 9.17) is 0 Å². The molecule has 190 valence electrons. The fraction of sp³-hybridized carbons (Fsp3) is 0.0769. The molecule has 0 bridgehead atoms. The second-order valence-corrected chi connectivity index (χ2v) is 12.6. The first-order valence-corrected chi connectivity index (χ1v) is 14.6. The van der Waals surface area contributed by atoms with Crippen molar-refractivity contribution in [2.45, 2.75) is 19.3 Å². The smallest absolute Gasteiger partial charge is 0.0434 e. The zero-order valence-electron chi connectivity index (χ0n) is 22.7. The van der Waals surface area contributed by atoms with E-state index in [1.165, 1.54) is 74.8 Å². The van der Waals surface area contributed by atoms with Gasteiger partial charge in [-0.05, 0) is 90.7 Å². The molecule has 1 heteroatoms. The van der Waals surface area contributed by atoms with E-state index in [-0.39, 0.29) is 5.41 Å². The van der Waals surface area contributed by atoms with Crippen LogP contribution in [0.25, 0.3) is 63.6 Å². The number of hydrogen-bond acceptors (Lipinski definition) is 1. The van der Waals surface area contributed by atoms with Crippen molar-refractivity contribution in [3.63, 3.8) is 0 Å². The minimum Gasteiger partial charge on any atom is -0.135 e. The van der Waals surface area contributed by atoms with Crippen LogP contribution in [0.1, 0.15) is 30.5 Å². The van der Waals surface area contributed by atoms with Gasteiger partial charge in [-0.15, -0.1) is 11.3 Å². The molecule has 7 aromatic rings. The molecule has 1 aliphatic rings.